The highest BCUT2D eigenvalue weighted by Gasteiger charge is 2.22. The standard InChI is InChI=1S/C21H33N5O2/c1-4-7-17-25-18-19(14(2)15(3)24-20(18)22)26(17)11-13-28-12-10-23-21(27)16-8-5-6-9-16/h16H,4-13H2,1-3H3,(H2,22,24)(H,23,27). The number of nitrogens with one attached hydrogen (secondary N) is 1. The molecule has 1 aliphatic carbocycles. The molecule has 0 spiro atoms. The van der Waals surface area contributed by atoms with Crippen LogP contribution in [0.5, 0.6) is 0 Å². The number of pyridine rings is 1. The number of nitrogens with two attached hydrogens (primary N) is 1. The van der Waals surface area contributed by atoms with E-state index in [1.807, 2.05) is 6.92 Å². The third-order valence-corrected chi connectivity index (χ3v) is 5.68. The minimum absolute atomic E-state index is 0.181. The van der Waals surface area contributed by atoms with Gasteiger partial charge in [0.1, 0.15) is 11.3 Å². The van der Waals surface area contributed by atoms with Gasteiger partial charge in [-0.25, -0.2) is 9.97 Å². The first-order chi connectivity index (χ1) is 13.5. The van der Waals surface area contributed by atoms with Crippen LogP contribution in [0.4, 0.5) is 5.82 Å². The van der Waals surface area contributed by atoms with Crippen molar-refractivity contribution in [3.05, 3.63) is 17.1 Å². The first-order valence-corrected chi connectivity index (χ1v) is 10.5. The number of ether oxygens (including phenoxy) is 1. The number of rotatable bonds is 9. The number of nitrogen functional groups attached to an aromatic ring is 1. The van der Waals surface area contributed by atoms with Crippen molar-refractivity contribution >= 4 is 22.8 Å². The molecule has 0 saturated heterocycles. The predicted molar refractivity (Wildman–Crippen MR) is 111 cm³/mol. The van der Waals surface area contributed by atoms with Crippen molar-refractivity contribution in [1.29, 1.82) is 0 Å². The molecule has 0 aromatic carbocycles. The van der Waals surface area contributed by atoms with E-state index in [4.69, 9.17) is 15.5 Å². The zero-order valence-electron chi connectivity index (χ0n) is 17.4. The van der Waals surface area contributed by atoms with Crippen LogP contribution < -0.4 is 11.1 Å². The molecule has 2 heterocycles. The molecule has 2 aromatic heterocycles. The summed E-state index contributed by atoms with van der Waals surface area (Å²) in [6, 6.07) is 0. The van der Waals surface area contributed by atoms with Crippen LogP contribution in [0, 0.1) is 19.8 Å². The first kappa shape index (κ1) is 20.6. The molecule has 0 radical (unpaired) electrons. The number of carbonyl (C=O) groups excluding carboxylic acids is 1. The zero-order valence-corrected chi connectivity index (χ0v) is 17.4. The van der Waals surface area contributed by atoms with E-state index in [9.17, 15) is 4.79 Å². The summed E-state index contributed by atoms with van der Waals surface area (Å²) in [6.45, 7) is 8.57. The van der Waals surface area contributed by atoms with Gasteiger partial charge in [-0.05, 0) is 38.7 Å². The van der Waals surface area contributed by atoms with E-state index in [2.05, 4.69) is 28.7 Å². The summed E-state index contributed by atoms with van der Waals surface area (Å²) >= 11 is 0. The molecule has 1 fully saturated rings. The summed E-state index contributed by atoms with van der Waals surface area (Å²) in [4.78, 5) is 21.2. The number of hydrogen-bond donors (Lipinski definition) is 2. The topological polar surface area (TPSA) is 95.1 Å². The molecule has 154 valence electrons. The van der Waals surface area contributed by atoms with Gasteiger partial charge in [-0.1, -0.05) is 19.8 Å². The normalized spacial score (nSPS) is 14.8. The van der Waals surface area contributed by atoms with E-state index in [1.54, 1.807) is 0 Å². The summed E-state index contributed by atoms with van der Waals surface area (Å²) < 4.78 is 8.01. The second kappa shape index (κ2) is 9.37. The Bertz CT molecular complexity index is 824. The molecule has 3 N–H and O–H groups in total. The number of anilines is 1. The highest BCUT2D eigenvalue weighted by molar-refractivity contribution is 5.88. The Morgan fingerprint density at radius 2 is 2.00 bits per heavy atom. The molecule has 1 saturated carbocycles. The van der Waals surface area contributed by atoms with E-state index >= 15 is 0 Å². The van der Waals surface area contributed by atoms with Gasteiger partial charge in [0.2, 0.25) is 5.91 Å². The van der Waals surface area contributed by atoms with Gasteiger partial charge in [-0.15, -0.1) is 0 Å². The molecular weight excluding hydrogens is 354 g/mol. The van der Waals surface area contributed by atoms with Gasteiger partial charge in [0.05, 0.1) is 18.7 Å². The quantitative estimate of drug-likeness (QED) is 0.645. The van der Waals surface area contributed by atoms with Crippen molar-refractivity contribution in [2.75, 3.05) is 25.5 Å². The summed E-state index contributed by atoms with van der Waals surface area (Å²) in [5.41, 5.74) is 10.0. The molecule has 1 aliphatic rings. The molecule has 0 aliphatic heterocycles. The van der Waals surface area contributed by atoms with Crippen LogP contribution in [0.25, 0.3) is 11.0 Å². The van der Waals surface area contributed by atoms with E-state index in [1.165, 1.54) is 12.8 Å². The van der Waals surface area contributed by atoms with Gasteiger partial charge >= 0.3 is 0 Å². The Labute approximate surface area is 167 Å². The van der Waals surface area contributed by atoms with Crippen molar-refractivity contribution < 1.29 is 9.53 Å². The molecular formula is C21H33N5O2. The Hall–Kier alpha value is -2.15. The third-order valence-electron chi connectivity index (χ3n) is 5.68. The summed E-state index contributed by atoms with van der Waals surface area (Å²) in [7, 11) is 0. The molecule has 3 rings (SSSR count). The van der Waals surface area contributed by atoms with Gasteiger partial charge in [-0.2, -0.15) is 0 Å². The molecule has 2 aromatic rings. The highest BCUT2D eigenvalue weighted by atomic mass is 16.5. The SMILES string of the molecule is CCCc1nc2c(N)nc(C)c(C)c2n1CCOCCNC(=O)C1CCCC1. The summed E-state index contributed by atoms with van der Waals surface area (Å²) in [5, 5.41) is 3.00. The fourth-order valence-corrected chi connectivity index (χ4v) is 4.04. The molecule has 0 unspecified atom stereocenters. The second-order valence-electron chi connectivity index (χ2n) is 7.72. The molecule has 7 nitrogen and oxygen atoms in total. The minimum atomic E-state index is 0.181. The van der Waals surface area contributed by atoms with Gasteiger partial charge in [0.15, 0.2) is 5.82 Å². The number of aromatic nitrogens is 3. The maximum atomic E-state index is 12.0. The Morgan fingerprint density at radius 1 is 1.25 bits per heavy atom. The maximum Gasteiger partial charge on any atom is 0.223 e. The third kappa shape index (κ3) is 4.46. The van der Waals surface area contributed by atoms with E-state index in [0.717, 1.165) is 53.8 Å². The number of fused-ring (bicyclic) bond motifs is 1. The molecule has 1 amide bonds. The molecule has 28 heavy (non-hydrogen) atoms. The van der Waals surface area contributed by atoms with Crippen LogP contribution in [0.1, 0.15) is 56.1 Å². The van der Waals surface area contributed by atoms with E-state index in [0.29, 0.717) is 32.1 Å². The van der Waals surface area contributed by atoms with Gasteiger partial charge in [0.25, 0.3) is 0 Å². The minimum Gasteiger partial charge on any atom is -0.382 e. The predicted octanol–water partition coefficient (Wildman–Crippen LogP) is 2.91. The number of carbonyl (C=O) groups is 1. The zero-order chi connectivity index (χ0) is 20.1. The van der Waals surface area contributed by atoms with Crippen molar-refractivity contribution in [3.63, 3.8) is 0 Å². The Kier molecular flexibility index (Phi) is 6.88. The highest BCUT2D eigenvalue weighted by Crippen LogP contribution is 2.26. The van der Waals surface area contributed by atoms with Crippen LogP contribution >= 0.6 is 0 Å². The van der Waals surface area contributed by atoms with E-state index in [-0.39, 0.29) is 11.8 Å². The Balaban J connectivity index is 1.57. The fourth-order valence-electron chi connectivity index (χ4n) is 4.04. The number of nitrogens with zero attached hydrogens (tertiary/aromatic N) is 3. The Morgan fingerprint density at radius 3 is 2.71 bits per heavy atom. The fraction of sp³-hybridized carbons (Fsp3) is 0.667. The first-order valence-electron chi connectivity index (χ1n) is 10.5. The number of hydrogen-bond acceptors (Lipinski definition) is 5. The van der Waals surface area contributed by atoms with Crippen LogP contribution in [-0.4, -0.2) is 40.2 Å². The number of amides is 1. The average Bonchev–Trinajstić information content (AvgIpc) is 3.32. The summed E-state index contributed by atoms with van der Waals surface area (Å²) in [5.74, 6) is 1.91. The summed E-state index contributed by atoms with van der Waals surface area (Å²) in [6.07, 6.45) is 6.31. The lowest BCUT2D eigenvalue weighted by Gasteiger charge is -2.13. The molecule has 7 heteroatoms. The number of imidazole rings is 1. The van der Waals surface area contributed by atoms with E-state index < -0.39 is 0 Å². The van der Waals surface area contributed by atoms with Crippen molar-refractivity contribution in [3.8, 4) is 0 Å². The van der Waals surface area contributed by atoms with Gasteiger partial charge in [-0.3, -0.25) is 4.79 Å². The monoisotopic (exact) mass is 387 g/mol. The van der Waals surface area contributed by atoms with Crippen molar-refractivity contribution in [2.24, 2.45) is 5.92 Å². The lowest BCUT2D eigenvalue weighted by Crippen LogP contribution is -2.32. The van der Waals surface area contributed by atoms with Crippen molar-refractivity contribution in [2.45, 2.75) is 65.8 Å². The van der Waals surface area contributed by atoms with Crippen LogP contribution in [0.2, 0.25) is 0 Å². The second-order valence-corrected chi connectivity index (χ2v) is 7.72. The molecule has 0 bridgehead atoms. The van der Waals surface area contributed by atoms with Crippen LogP contribution in [0.3, 0.4) is 0 Å². The van der Waals surface area contributed by atoms with Gasteiger partial charge < -0.3 is 20.4 Å². The molecule has 0 atom stereocenters. The lowest BCUT2D eigenvalue weighted by atomic mass is 10.1. The average molecular weight is 388 g/mol. The van der Waals surface area contributed by atoms with Crippen LogP contribution in [-0.2, 0) is 22.5 Å². The number of aryl methyl sites for hydroxylation is 3. The van der Waals surface area contributed by atoms with Crippen LogP contribution in [0.15, 0.2) is 0 Å². The largest absolute Gasteiger partial charge is 0.382 e. The lowest BCUT2D eigenvalue weighted by molar-refractivity contribution is -0.125. The van der Waals surface area contributed by atoms with Gasteiger partial charge in [0, 0.05) is 31.1 Å². The van der Waals surface area contributed by atoms with Crippen molar-refractivity contribution in [1.82, 2.24) is 19.9 Å². The maximum absolute atomic E-state index is 12.0. The smallest absolute Gasteiger partial charge is 0.223 e.